The van der Waals surface area contributed by atoms with Gasteiger partial charge in [0.25, 0.3) is 0 Å². The molecule has 1 aromatic rings. The van der Waals surface area contributed by atoms with Gasteiger partial charge >= 0.3 is 0 Å². The molecule has 15 heavy (non-hydrogen) atoms. The maximum Gasteiger partial charge on any atom is 0.231 e. The first-order chi connectivity index (χ1) is 7.27. The molecule has 0 radical (unpaired) electrons. The van der Waals surface area contributed by atoms with Gasteiger partial charge in [0.05, 0.1) is 18.3 Å². The van der Waals surface area contributed by atoms with Crippen molar-refractivity contribution in [1.82, 2.24) is 9.88 Å². The van der Waals surface area contributed by atoms with Crippen LogP contribution in [0.2, 0.25) is 0 Å². The van der Waals surface area contributed by atoms with Crippen LogP contribution in [0.5, 0.6) is 0 Å². The summed E-state index contributed by atoms with van der Waals surface area (Å²) < 4.78 is 0. The van der Waals surface area contributed by atoms with Gasteiger partial charge in [-0.2, -0.15) is 0 Å². The van der Waals surface area contributed by atoms with Gasteiger partial charge in [-0.25, -0.2) is 0 Å². The Morgan fingerprint density at radius 2 is 2.47 bits per heavy atom. The second-order valence-corrected chi connectivity index (χ2v) is 3.85. The Kier molecular flexibility index (Phi) is 2.97. The third-order valence-electron chi connectivity index (χ3n) is 2.75. The lowest BCUT2D eigenvalue weighted by molar-refractivity contribution is -0.119. The summed E-state index contributed by atoms with van der Waals surface area (Å²) in [5.41, 5.74) is 6.25. The minimum atomic E-state index is -0.266. The van der Waals surface area contributed by atoms with Gasteiger partial charge in [-0.1, -0.05) is 6.07 Å². The van der Waals surface area contributed by atoms with Gasteiger partial charge in [0.2, 0.25) is 5.91 Å². The SMILES string of the molecule is NC(=O)CN1CCCC1c1ccccn1. The number of carbonyl (C=O) groups excluding carboxylic acids is 1. The zero-order chi connectivity index (χ0) is 10.7. The molecule has 2 heterocycles. The second-order valence-electron chi connectivity index (χ2n) is 3.85. The maximum absolute atomic E-state index is 10.9. The van der Waals surface area contributed by atoms with Gasteiger partial charge in [-0.15, -0.1) is 0 Å². The summed E-state index contributed by atoms with van der Waals surface area (Å²) in [4.78, 5) is 17.3. The summed E-state index contributed by atoms with van der Waals surface area (Å²) >= 11 is 0. The molecule has 2 rings (SSSR count). The monoisotopic (exact) mass is 205 g/mol. The van der Waals surface area contributed by atoms with E-state index in [9.17, 15) is 4.79 Å². The molecule has 1 fully saturated rings. The first-order valence-electron chi connectivity index (χ1n) is 5.20. The third kappa shape index (κ3) is 2.33. The quantitative estimate of drug-likeness (QED) is 0.790. The molecule has 4 heteroatoms. The standard InChI is InChI=1S/C11H15N3O/c12-11(15)8-14-7-3-5-10(14)9-4-1-2-6-13-9/h1-2,4,6,10H,3,5,7-8H2,(H2,12,15). The molecule has 1 aromatic heterocycles. The lowest BCUT2D eigenvalue weighted by Gasteiger charge is -2.22. The van der Waals surface area contributed by atoms with Crippen molar-refractivity contribution in [1.29, 1.82) is 0 Å². The minimum Gasteiger partial charge on any atom is -0.369 e. The van der Waals surface area contributed by atoms with Crippen molar-refractivity contribution in [3.05, 3.63) is 30.1 Å². The molecule has 1 saturated heterocycles. The van der Waals surface area contributed by atoms with E-state index < -0.39 is 0 Å². The Balaban J connectivity index is 2.11. The lowest BCUT2D eigenvalue weighted by Crippen LogP contribution is -2.33. The van der Waals surface area contributed by atoms with E-state index in [0.717, 1.165) is 25.1 Å². The van der Waals surface area contributed by atoms with Crippen LogP contribution in [0.1, 0.15) is 24.6 Å². The van der Waals surface area contributed by atoms with Gasteiger partial charge in [0, 0.05) is 6.20 Å². The number of aromatic nitrogens is 1. The Bertz CT molecular complexity index is 339. The van der Waals surface area contributed by atoms with E-state index in [1.807, 2.05) is 18.2 Å². The first kappa shape index (κ1) is 10.1. The molecule has 1 unspecified atom stereocenters. The summed E-state index contributed by atoms with van der Waals surface area (Å²) in [7, 11) is 0. The third-order valence-corrected chi connectivity index (χ3v) is 2.75. The van der Waals surface area contributed by atoms with Crippen molar-refractivity contribution in [2.24, 2.45) is 5.73 Å². The molecule has 1 amide bonds. The Hall–Kier alpha value is -1.42. The molecule has 0 bridgehead atoms. The van der Waals surface area contributed by atoms with Crippen molar-refractivity contribution in [2.75, 3.05) is 13.1 Å². The fourth-order valence-electron chi connectivity index (χ4n) is 2.12. The average Bonchev–Trinajstić information content (AvgIpc) is 2.66. The van der Waals surface area contributed by atoms with Crippen molar-refractivity contribution in [2.45, 2.75) is 18.9 Å². The van der Waals surface area contributed by atoms with Crippen molar-refractivity contribution in [3.63, 3.8) is 0 Å². The molecular weight excluding hydrogens is 190 g/mol. The van der Waals surface area contributed by atoms with Gasteiger partial charge in [-0.3, -0.25) is 14.7 Å². The van der Waals surface area contributed by atoms with Crippen LogP contribution in [0, 0.1) is 0 Å². The van der Waals surface area contributed by atoms with Crippen LogP contribution in [0.25, 0.3) is 0 Å². The van der Waals surface area contributed by atoms with Gasteiger partial charge in [0.1, 0.15) is 0 Å². The average molecular weight is 205 g/mol. The molecule has 1 aliphatic rings. The van der Waals surface area contributed by atoms with Crippen LogP contribution in [-0.4, -0.2) is 28.9 Å². The number of amides is 1. The van der Waals surface area contributed by atoms with Crippen LogP contribution < -0.4 is 5.73 Å². The number of nitrogens with zero attached hydrogens (tertiary/aromatic N) is 2. The van der Waals surface area contributed by atoms with Crippen LogP contribution in [0.3, 0.4) is 0 Å². The molecule has 2 N–H and O–H groups in total. The Morgan fingerprint density at radius 1 is 1.60 bits per heavy atom. The van der Waals surface area contributed by atoms with E-state index in [-0.39, 0.29) is 11.9 Å². The number of likely N-dealkylation sites (tertiary alicyclic amines) is 1. The number of hydrogen-bond acceptors (Lipinski definition) is 3. The molecule has 0 spiro atoms. The number of rotatable bonds is 3. The highest BCUT2D eigenvalue weighted by molar-refractivity contribution is 5.76. The summed E-state index contributed by atoms with van der Waals surface area (Å²) in [5, 5.41) is 0. The Labute approximate surface area is 89.1 Å². The number of carbonyl (C=O) groups is 1. The van der Waals surface area contributed by atoms with Crippen LogP contribution >= 0.6 is 0 Å². The van der Waals surface area contributed by atoms with E-state index in [4.69, 9.17) is 5.73 Å². The number of nitrogens with two attached hydrogens (primary N) is 1. The predicted octanol–water partition coefficient (Wildman–Crippen LogP) is 0.704. The highest BCUT2D eigenvalue weighted by atomic mass is 16.1. The molecule has 4 nitrogen and oxygen atoms in total. The van der Waals surface area contributed by atoms with Crippen LogP contribution in [0.15, 0.2) is 24.4 Å². The smallest absolute Gasteiger partial charge is 0.231 e. The summed E-state index contributed by atoms with van der Waals surface area (Å²) in [6.07, 6.45) is 3.95. The molecule has 0 aromatic carbocycles. The molecule has 0 aliphatic carbocycles. The van der Waals surface area contributed by atoms with E-state index in [1.165, 1.54) is 0 Å². The highest BCUT2D eigenvalue weighted by Gasteiger charge is 2.27. The fraction of sp³-hybridized carbons (Fsp3) is 0.455. The number of pyridine rings is 1. The van der Waals surface area contributed by atoms with Crippen LogP contribution in [0.4, 0.5) is 0 Å². The lowest BCUT2D eigenvalue weighted by atomic mass is 10.1. The minimum absolute atomic E-state index is 0.263. The van der Waals surface area contributed by atoms with E-state index in [2.05, 4.69) is 9.88 Å². The zero-order valence-corrected chi connectivity index (χ0v) is 8.60. The van der Waals surface area contributed by atoms with E-state index in [0.29, 0.717) is 6.54 Å². The normalized spacial score (nSPS) is 21.7. The summed E-state index contributed by atoms with van der Waals surface area (Å²) in [5.74, 6) is -0.266. The molecule has 1 atom stereocenters. The number of primary amides is 1. The summed E-state index contributed by atoms with van der Waals surface area (Å²) in [6, 6.07) is 6.14. The maximum atomic E-state index is 10.9. The largest absolute Gasteiger partial charge is 0.369 e. The van der Waals surface area contributed by atoms with Crippen molar-refractivity contribution >= 4 is 5.91 Å². The van der Waals surface area contributed by atoms with E-state index in [1.54, 1.807) is 6.20 Å². The highest BCUT2D eigenvalue weighted by Crippen LogP contribution is 2.29. The zero-order valence-electron chi connectivity index (χ0n) is 8.60. The first-order valence-corrected chi connectivity index (χ1v) is 5.20. The van der Waals surface area contributed by atoms with Gasteiger partial charge in [0.15, 0.2) is 0 Å². The van der Waals surface area contributed by atoms with Gasteiger partial charge in [-0.05, 0) is 31.5 Å². The Morgan fingerprint density at radius 3 is 3.13 bits per heavy atom. The van der Waals surface area contributed by atoms with E-state index >= 15 is 0 Å². The molecule has 0 saturated carbocycles. The fourth-order valence-corrected chi connectivity index (χ4v) is 2.12. The number of hydrogen-bond donors (Lipinski definition) is 1. The molecule has 80 valence electrons. The van der Waals surface area contributed by atoms with Crippen molar-refractivity contribution in [3.8, 4) is 0 Å². The van der Waals surface area contributed by atoms with Crippen LogP contribution in [-0.2, 0) is 4.79 Å². The molecule has 1 aliphatic heterocycles. The predicted molar refractivity (Wildman–Crippen MR) is 57.0 cm³/mol. The van der Waals surface area contributed by atoms with Crippen molar-refractivity contribution < 1.29 is 4.79 Å². The molecular formula is C11H15N3O. The summed E-state index contributed by atoms with van der Waals surface area (Å²) in [6.45, 7) is 1.27. The topological polar surface area (TPSA) is 59.2 Å². The second kappa shape index (κ2) is 4.40. The van der Waals surface area contributed by atoms with Gasteiger partial charge < -0.3 is 5.73 Å².